The molecule has 0 unspecified atom stereocenters. The lowest BCUT2D eigenvalue weighted by Crippen LogP contribution is -1.94. The lowest BCUT2D eigenvalue weighted by Gasteiger charge is -1.98. The fraction of sp³-hybridized carbons (Fsp3) is 0.556. The average molecular weight is 168 g/mol. The van der Waals surface area contributed by atoms with Gasteiger partial charge in [0.2, 0.25) is 5.88 Å². The molecule has 0 atom stereocenters. The lowest BCUT2D eigenvalue weighted by atomic mass is 10.4. The quantitative estimate of drug-likeness (QED) is 0.678. The van der Waals surface area contributed by atoms with Gasteiger partial charge in [0.25, 0.3) is 0 Å². The second-order valence-electron chi connectivity index (χ2n) is 1.87. The number of nitrogens with zero attached hydrogens (tertiary/aromatic N) is 2. The van der Waals surface area contributed by atoms with Gasteiger partial charge in [0, 0.05) is 18.7 Å². The van der Waals surface area contributed by atoms with Crippen molar-refractivity contribution in [2.45, 2.75) is 27.2 Å². The molecule has 0 saturated carbocycles. The van der Waals surface area contributed by atoms with E-state index < -0.39 is 0 Å². The molecule has 0 amide bonds. The number of hydrogen-bond acceptors (Lipinski definition) is 3. The maximum atomic E-state index is 4.91. The highest BCUT2D eigenvalue weighted by Crippen LogP contribution is 2.03. The maximum Gasteiger partial charge on any atom is 0.216 e. The Labute approximate surface area is 73.8 Å². The molecule has 0 N–H and O–H groups in total. The first-order valence-electron chi connectivity index (χ1n) is 4.22. The second kappa shape index (κ2) is 6.58. The fourth-order valence-corrected chi connectivity index (χ4v) is 0.664. The molecule has 3 heteroatoms. The first kappa shape index (κ1) is 10.9. The number of aromatic nitrogens is 2. The van der Waals surface area contributed by atoms with Gasteiger partial charge in [-0.05, 0) is 0 Å². The molecule has 3 nitrogen and oxygen atoms in total. The van der Waals surface area contributed by atoms with Gasteiger partial charge in [-0.3, -0.25) is 0 Å². The van der Waals surface area contributed by atoms with E-state index in [1.807, 2.05) is 20.8 Å². The maximum absolute atomic E-state index is 4.91. The molecular formula is C9H16N2O. The molecule has 12 heavy (non-hydrogen) atoms. The highest BCUT2D eigenvalue weighted by molar-refractivity contribution is 5.07. The van der Waals surface area contributed by atoms with Gasteiger partial charge in [0.05, 0.1) is 7.11 Å². The summed E-state index contributed by atoms with van der Waals surface area (Å²) in [7, 11) is 1.60. The van der Waals surface area contributed by atoms with E-state index in [9.17, 15) is 0 Å². The van der Waals surface area contributed by atoms with Crippen LogP contribution in [-0.2, 0) is 6.42 Å². The van der Waals surface area contributed by atoms with E-state index in [0.717, 1.165) is 12.2 Å². The summed E-state index contributed by atoms with van der Waals surface area (Å²) in [6.07, 6.45) is 2.54. The first-order chi connectivity index (χ1) is 5.86. The van der Waals surface area contributed by atoms with Crippen LogP contribution in [0.2, 0.25) is 0 Å². The number of methoxy groups -OCH3 is 1. The molecule has 0 spiro atoms. The van der Waals surface area contributed by atoms with Crippen LogP contribution in [0.3, 0.4) is 0 Å². The summed E-state index contributed by atoms with van der Waals surface area (Å²) in [4.78, 5) is 8.09. The zero-order chi connectivity index (χ0) is 9.40. The highest BCUT2D eigenvalue weighted by Gasteiger charge is 1.93. The molecule has 1 aromatic rings. The Morgan fingerprint density at radius 2 is 2.08 bits per heavy atom. The van der Waals surface area contributed by atoms with Crippen LogP contribution >= 0.6 is 0 Å². The van der Waals surface area contributed by atoms with Crippen molar-refractivity contribution in [3.05, 3.63) is 18.1 Å². The Morgan fingerprint density at radius 1 is 1.42 bits per heavy atom. The summed E-state index contributed by atoms with van der Waals surface area (Å²) in [5, 5.41) is 0. The van der Waals surface area contributed by atoms with Crippen LogP contribution in [0, 0.1) is 0 Å². The Morgan fingerprint density at radius 3 is 2.58 bits per heavy atom. The third-order valence-corrected chi connectivity index (χ3v) is 1.21. The number of ether oxygens (including phenoxy) is 1. The monoisotopic (exact) mass is 168 g/mol. The van der Waals surface area contributed by atoms with Crippen molar-refractivity contribution >= 4 is 0 Å². The third-order valence-electron chi connectivity index (χ3n) is 1.21. The molecule has 0 aliphatic heterocycles. The van der Waals surface area contributed by atoms with E-state index in [-0.39, 0.29) is 0 Å². The van der Waals surface area contributed by atoms with Gasteiger partial charge in [-0.15, -0.1) is 0 Å². The van der Waals surface area contributed by atoms with Crippen molar-refractivity contribution in [3.63, 3.8) is 0 Å². The van der Waals surface area contributed by atoms with E-state index in [1.54, 1.807) is 19.4 Å². The van der Waals surface area contributed by atoms with Crippen molar-refractivity contribution in [2.75, 3.05) is 7.11 Å². The predicted molar refractivity (Wildman–Crippen MR) is 49.3 cm³/mol. The SMILES string of the molecule is CC.CCc1nccc(OC)n1. The van der Waals surface area contributed by atoms with Gasteiger partial charge < -0.3 is 4.74 Å². The Balaban J connectivity index is 0.000000561. The average Bonchev–Trinajstić information content (AvgIpc) is 2.21. The number of aryl methyl sites for hydroxylation is 1. The molecule has 1 rings (SSSR count). The van der Waals surface area contributed by atoms with E-state index >= 15 is 0 Å². The van der Waals surface area contributed by atoms with Crippen molar-refractivity contribution in [1.29, 1.82) is 0 Å². The molecule has 1 aromatic heterocycles. The van der Waals surface area contributed by atoms with Crippen LogP contribution < -0.4 is 4.74 Å². The van der Waals surface area contributed by atoms with Gasteiger partial charge in [0.15, 0.2) is 0 Å². The Bertz CT molecular complexity index is 194. The van der Waals surface area contributed by atoms with E-state index in [1.165, 1.54) is 0 Å². The molecular weight excluding hydrogens is 152 g/mol. The minimum absolute atomic E-state index is 0.631. The molecule has 0 radical (unpaired) electrons. The fourth-order valence-electron chi connectivity index (χ4n) is 0.664. The molecule has 0 aliphatic rings. The Hall–Kier alpha value is -1.12. The molecule has 0 aromatic carbocycles. The van der Waals surface area contributed by atoms with Crippen LogP contribution in [0.15, 0.2) is 12.3 Å². The number of hydrogen-bond donors (Lipinski definition) is 0. The molecule has 1 heterocycles. The summed E-state index contributed by atoms with van der Waals surface area (Å²) in [6.45, 7) is 6.01. The Kier molecular flexibility index (Phi) is 5.97. The van der Waals surface area contributed by atoms with E-state index in [4.69, 9.17) is 4.74 Å². The lowest BCUT2D eigenvalue weighted by molar-refractivity contribution is 0.395. The largest absolute Gasteiger partial charge is 0.481 e. The van der Waals surface area contributed by atoms with Crippen molar-refractivity contribution in [1.82, 2.24) is 9.97 Å². The van der Waals surface area contributed by atoms with Gasteiger partial charge in [-0.25, -0.2) is 4.98 Å². The van der Waals surface area contributed by atoms with Gasteiger partial charge in [-0.1, -0.05) is 20.8 Å². The van der Waals surface area contributed by atoms with Crippen molar-refractivity contribution < 1.29 is 4.74 Å². The van der Waals surface area contributed by atoms with Crippen LogP contribution in [-0.4, -0.2) is 17.1 Å². The number of rotatable bonds is 2. The molecule has 0 aliphatic carbocycles. The van der Waals surface area contributed by atoms with Crippen LogP contribution in [0.5, 0.6) is 5.88 Å². The van der Waals surface area contributed by atoms with E-state index in [2.05, 4.69) is 9.97 Å². The molecule has 0 bridgehead atoms. The zero-order valence-corrected chi connectivity index (χ0v) is 8.16. The van der Waals surface area contributed by atoms with Crippen molar-refractivity contribution in [3.8, 4) is 5.88 Å². The summed E-state index contributed by atoms with van der Waals surface area (Å²) in [5.74, 6) is 1.45. The minimum atomic E-state index is 0.631. The van der Waals surface area contributed by atoms with Crippen LogP contribution in [0.25, 0.3) is 0 Å². The molecule has 0 saturated heterocycles. The van der Waals surface area contributed by atoms with Crippen LogP contribution in [0.1, 0.15) is 26.6 Å². The predicted octanol–water partition coefficient (Wildman–Crippen LogP) is 2.07. The third kappa shape index (κ3) is 3.32. The standard InChI is InChI=1S/C7H10N2O.C2H6/c1-3-6-8-5-4-7(9-6)10-2;1-2/h4-5H,3H2,1-2H3;1-2H3. The molecule has 0 fully saturated rings. The zero-order valence-electron chi connectivity index (χ0n) is 8.16. The van der Waals surface area contributed by atoms with Crippen molar-refractivity contribution in [2.24, 2.45) is 0 Å². The van der Waals surface area contributed by atoms with Crippen LogP contribution in [0.4, 0.5) is 0 Å². The smallest absolute Gasteiger partial charge is 0.216 e. The first-order valence-corrected chi connectivity index (χ1v) is 4.22. The summed E-state index contributed by atoms with van der Waals surface area (Å²) in [6, 6.07) is 1.74. The molecule has 68 valence electrons. The summed E-state index contributed by atoms with van der Waals surface area (Å²) in [5.41, 5.74) is 0. The summed E-state index contributed by atoms with van der Waals surface area (Å²) < 4.78 is 4.91. The topological polar surface area (TPSA) is 35.0 Å². The van der Waals surface area contributed by atoms with E-state index in [0.29, 0.717) is 5.88 Å². The van der Waals surface area contributed by atoms with Gasteiger partial charge in [-0.2, -0.15) is 4.98 Å². The summed E-state index contributed by atoms with van der Waals surface area (Å²) >= 11 is 0. The van der Waals surface area contributed by atoms with Gasteiger partial charge in [0.1, 0.15) is 5.82 Å². The highest BCUT2D eigenvalue weighted by atomic mass is 16.5. The second-order valence-corrected chi connectivity index (χ2v) is 1.87. The minimum Gasteiger partial charge on any atom is -0.481 e. The van der Waals surface area contributed by atoms with Gasteiger partial charge >= 0.3 is 0 Å². The normalized spacial score (nSPS) is 8.33.